The minimum atomic E-state index is -0.793. The first kappa shape index (κ1) is 24.0. The van der Waals surface area contributed by atoms with E-state index >= 15 is 0 Å². The van der Waals surface area contributed by atoms with E-state index in [0.717, 1.165) is 22.7 Å². The first-order valence-electron chi connectivity index (χ1n) is 12.9. The number of phenolic OH excluding ortho intramolecular Hbond substituents is 1. The maximum absolute atomic E-state index is 13.4. The number of hydrogen-bond donors (Lipinski definition) is 2. The second kappa shape index (κ2) is 8.91. The Balaban J connectivity index is 1.29. The molecule has 7 nitrogen and oxygen atoms in total. The van der Waals surface area contributed by atoms with Crippen molar-refractivity contribution in [3.8, 4) is 11.5 Å². The smallest absolute Gasteiger partial charge is 0.335 e. The zero-order valence-corrected chi connectivity index (χ0v) is 21.4. The molecule has 1 saturated heterocycles. The zero-order chi connectivity index (χ0) is 25.9. The Morgan fingerprint density at radius 3 is 2.27 bits per heavy atom. The summed E-state index contributed by atoms with van der Waals surface area (Å²) >= 11 is 6.11. The van der Waals surface area contributed by atoms with Gasteiger partial charge in [0.25, 0.3) is 11.8 Å². The normalized spacial score (nSPS) is 29.7. The van der Waals surface area contributed by atoms with Crippen LogP contribution in [0.2, 0.25) is 5.02 Å². The topological polar surface area (TPSA) is 95.9 Å². The van der Waals surface area contributed by atoms with E-state index in [4.69, 9.17) is 16.3 Å². The Hall–Kier alpha value is -3.32. The SMILES string of the molecule is CCOc1cc(C=C2C(=O)NC(=O)N(c3ccc(C45CC6CC(CC(C6)C4)C5)cc3)C2=O)cc(Cl)c1O. The van der Waals surface area contributed by atoms with Gasteiger partial charge in [-0.2, -0.15) is 0 Å². The fraction of sp³-hybridized carbons (Fsp3) is 0.414. The molecule has 5 fully saturated rings. The van der Waals surface area contributed by atoms with Crippen molar-refractivity contribution in [3.05, 3.63) is 58.1 Å². The number of anilines is 1. The molecule has 0 aromatic heterocycles. The number of imide groups is 2. The van der Waals surface area contributed by atoms with E-state index in [2.05, 4.69) is 17.4 Å². The van der Waals surface area contributed by atoms with Gasteiger partial charge in [-0.05, 0) is 110 Å². The van der Waals surface area contributed by atoms with Crippen molar-refractivity contribution < 1.29 is 24.2 Å². The van der Waals surface area contributed by atoms with Crippen molar-refractivity contribution in [1.29, 1.82) is 0 Å². The summed E-state index contributed by atoms with van der Waals surface area (Å²) in [6.45, 7) is 2.05. The van der Waals surface area contributed by atoms with Crippen LogP contribution in [0.25, 0.3) is 6.08 Å². The van der Waals surface area contributed by atoms with E-state index < -0.39 is 17.8 Å². The fourth-order valence-corrected chi connectivity index (χ4v) is 7.65. The molecule has 192 valence electrons. The number of amides is 4. The largest absolute Gasteiger partial charge is 0.503 e. The average molecular weight is 521 g/mol. The van der Waals surface area contributed by atoms with Crippen LogP contribution in [0, 0.1) is 17.8 Å². The number of aromatic hydroxyl groups is 1. The summed E-state index contributed by atoms with van der Waals surface area (Å²) in [5.74, 6) is 0.846. The van der Waals surface area contributed by atoms with Gasteiger partial charge in [0.05, 0.1) is 17.3 Å². The Labute approximate surface area is 220 Å². The van der Waals surface area contributed by atoms with Crippen LogP contribution in [-0.2, 0) is 15.0 Å². The predicted octanol–water partition coefficient (Wildman–Crippen LogP) is 5.58. The number of carbonyl (C=O) groups is 3. The lowest BCUT2D eigenvalue weighted by Crippen LogP contribution is -2.54. The summed E-state index contributed by atoms with van der Waals surface area (Å²) < 4.78 is 5.39. The van der Waals surface area contributed by atoms with Crippen LogP contribution >= 0.6 is 11.6 Å². The van der Waals surface area contributed by atoms with Gasteiger partial charge in [0.2, 0.25) is 0 Å². The summed E-state index contributed by atoms with van der Waals surface area (Å²) in [5.41, 5.74) is 2.08. The van der Waals surface area contributed by atoms with Crippen LogP contribution in [0.1, 0.15) is 56.6 Å². The summed E-state index contributed by atoms with van der Waals surface area (Å²) in [5, 5.41) is 12.4. The zero-order valence-electron chi connectivity index (χ0n) is 20.6. The van der Waals surface area contributed by atoms with Gasteiger partial charge >= 0.3 is 6.03 Å². The molecule has 0 unspecified atom stereocenters. The van der Waals surface area contributed by atoms with Gasteiger partial charge in [-0.15, -0.1) is 0 Å². The van der Waals surface area contributed by atoms with Crippen LogP contribution in [0.5, 0.6) is 11.5 Å². The number of urea groups is 1. The molecule has 1 heterocycles. The molecule has 2 N–H and O–H groups in total. The van der Waals surface area contributed by atoms with Gasteiger partial charge in [-0.25, -0.2) is 9.69 Å². The standard InChI is InChI=1S/C29H29ClN2O5/c1-2-37-24-12-16(11-23(30)25(24)33)10-22-26(34)31-28(36)32(27(22)35)21-5-3-20(4-6-21)29-13-17-7-18(14-29)9-19(8-17)15-29/h3-6,10-12,17-19,33H,2,7-9,13-15H2,1H3,(H,31,34,36). The lowest BCUT2D eigenvalue weighted by Gasteiger charge is -2.57. The monoisotopic (exact) mass is 520 g/mol. The third kappa shape index (κ3) is 4.09. The van der Waals surface area contributed by atoms with Gasteiger partial charge in [0, 0.05) is 0 Å². The summed E-state index contributed by atoms with van der Waals surface area (Å²) in [7, 11) is 0. The number of rotatable bonds is 5. The van der Waals surface area contributed by atoms with E-state index in [1.807, 2.05) is 12.1 Å². The predicted molar refractivity (Wildman–Crippen MR) is 140 cm³/mol. The molecular weight excluding hydrogens is 492 g/mol. The third-order valence-electron chi connectivity index (χ3n) is 8.54. The molecule has 5 aliphatic rings. The first-order chi connectivity index (χ1) is 17.8. The van der Waals surface area contributed by atoms with Gasteiger partial charge in [-0.1, -0.05) is 23.7 Å². The minimum absolute atomic E-state index is 0.0228. The van der Waals surface area contributed by atoms with Gasteiger partial charge in [0.15, 0.2) is 11.5 Å². The lowest BCUT2D eigenvalue weighted by molar-refractivity contribution is -0.122. The number of barbiturate groups is 1. The summed E-state index contributed by atoms with van der Waals surface area (Å²) in [6, 6.07) is 9.85. The highest BCUT2D eigenvalue weighted by Crippen LogP contribution is 2.60. The molecule has 2 aromatic carbocycles. The van der Waals surface area contributed by atoms with Gasteiger partial charge < -0.3 is 9.84 Å². The minimum Gasteiger partial charge on any atom is -0.503 e. The Morgan fingerprint density at radius 1 is 1.05 bits per heavy atom. The number of nitrogens with zero attached hydrogens (tertiary/aromatic N) is 1. The van der Waals surface area contributed by atoms with Crippen molar-refractivity contribution in [2.24, 2.45) is 17.8 Å². The van der Waals surface area contributed by atoms with E-state index in [1.54, 1.807) is 6.92 Å². The van der Waals surface area contributed by atoms with E-state index in [-0.39, 0.29) is 27.5 Å². The number of nitrogens with one attached hydrogen (secondary N) is 1. The molecule has 4 bridgehead atoms. The quantitative estimate of drug-likeness (QED) is 0.396. The maximum Gasteiger partial charge on any atom is 0.335 e. The second-order valence-corrected chi connectivity index (χ2v) is 11.4. The summed E-state index contributed by atoms with van der Waals surface area (Å²) in [6.07, 6.45) is 9.10. The first-order valence-corrected chi connectivity index (χ1v) is 13.3. The van der Waals surface area contributed by atoms with E-state index in [0.29, 0.717) is 17.9 Å². The van der Waals surface area contributed by atoms with Crippen molar-refractivity contribution in [1.82, 2.24) is 5.32 Å². The fourth-order valence-electron chi connectivity index (χ4n) is 7.43. The van der Waals surface area contributed by atoms with Crippen molar-refractivity contribution in [2.75, 3.05) is 11.5 Å². The van der Waals surface area contributed by atoms with E-state index in [9.17, 15) is 19.5 Å². The molecule has 7 rings (SSSR count). The highest BCUT2D eigenvalue weighted by Gasteiger charge is 2.51. The van der Waals surface area contributed by atoms with E-state index in [1.165, 1.54) is 62.3 Å². The third-order valence-corrected chi connectivity index (χ3v) is 8.83. The highest BCUT2D eigenvalue weighted by atomic mass is 35.5. The van der Waals surface area contributed by atoms with Crippen molar-refractivity contribution >= 4 is 41.2 Å². The Morgan fingerprint density at radius 2 is 1.68 bits per heavy atom. The van der Waals surface area contributed by atoms with Crippen LogP contribution in [-0.4, -0.2) is 29.6 Å². The molecule has 4 amide bonds. The van der Waals surface area contributed by atoms with Gasteiger partial charge in [-0.3, -0.25) is 14.9 Å². The van der Waals surface area contributed by atoms with Crippen molar-refractivity contribution in [2.45, 2.75) is 50.9 Å². The Kier molecular flexibility index (Phi) is 5.79. The number of halogens is 1. The molecule has 8 heteroatoms. The molecule has 37 heavy (non-hydrogen) atoms. The van der Waals surface area contributed by atoms with Crippen LogP contribution < -0.4 is 15.0 Å². The molecule has 0 spiro atoms. The molecule has 0 atom stereocenters. The molecule has 4 saturated carbocycles. The number of carbonyl (C=O) groups excluding carboxylic acids is 3. The maximum atomic E-state index is 13.4. The molecule has 1 aliphatic heterocycles. The molecule has 2 aromatic rings. The molecule has 4 aliphatic carbocycles. The van der Waals surface area contributed by atoms with Crippen LogP contribution in [0.4, 0.5) is 10.5 Å². The van der Waals surface area contributed by atoms with Crippen molar-refractivity contribution in [3.63, 3.8) is 0 Å². The number of hydrogen-bond acceptors (Lipinski definition) is 5. The summed E-state index contributed by atoms with van der Waals surface area (Å²) in [4.78, 5) is 39.7. The van der Waals surface area contributed by atoms with Crippen LogP contribution in [0.15, 0.2) is 42.0 Å². The Bertz CT molecular complexity index is 1300. The molecular formula is C29H29ClN2O5. The van der Waals surface area contributed by atoms with Crippen LogP contribution in [0.3, 0.4) is 0 Å². The van der Waals surface area contributed by atoms with Gasteiger partial charge in [0.1, 0.15) is 5.57 Å². The number of phenols is 1. The number of benzene rings is 2. The number of ether oxygens (including phenoxy) is 1. The average Bonchev–Trinajstić information content (AvgIpc) is 2.84. The highest BCUT2D eigenvalue weighted by molar-refractivity contribution is 6.39. The second-order valence-electron chi connectivity index (χ2n) is 11.0. The molecule has 0 radical (unpaired) electrons. The lowest BCUT2D eigenvalue weighted by atomic mass is 9.48.